The van der Waals surface area contributed by atoms with Gasteiger partial charge in [-0.15, -0.1) is 12.4 Å². The standard InChI is InChI=1S/C13H12N2O2.ClH/c1-9(16)15-12-4-2-10(3-5-12)11-6-7-14-13(17)8-11;/h2-8H,1H3,(H,14,17)(H,15,16);1H. The number of aromatic amines is 1. The van der Waals surface area contributed by atoms with Crippen LogP contribution in [-0.4, -0.2) is 10.9 Å². The van der Waals surface area contributed by atoms with Crippen LogP contribution in [-0.2, 0) is 4.79 Å². The fourth-order valence-electron chi connectivity index (χ4n) is 1.57. The van der Waals surface area contributed by atoms with Crippen LogP contribution in [0.15, 0.2) is 47.4 Å². The fourth-order valence-corrected chi connectivity index (χ4v) is 1.57. The molecule has 4 nitrogen and oxygen atoms in total. The third-order valence-corrected chi connectivity index (χ3v) is 2.31. The number of rotatable bonds is 2. The van der Waals surface area contributed by atoms with Gasteiger partial charge in [-0.05, 0) is 29.3 Å². The van der Waals surface area contributed by atoms with E-state index in [0.717, 1.165) is 16.8 Å². The van der Waals surface area contributed by atoms with E-state index in [1.807, 2.05) is 18.2 Å². The second-order valence-electron chi connectivity index (χ2n) is 3.70. The van der Waals surface area contributed by atoms with Crippen LogP contribution in [0, 0.1) is 0 Å². The zero-order chi connectivity index (χ0) is 12.3. The number of nitrogens with one attached hydrogen (secondary N) is 2. The highest BCUT2D eigenvalue weighted by molar-refractivity contribution is 5.88. The van der Waals surface area contributed by atoms with Crippen LogP contribution in [0.25, 0.3) is 11.1 Å². The minimum Gasteiger partial charge on any atom is -0.329 e. The van der Waals surface area contributed by atoms with Crippen molar-refractivity contribution in [3.8, 4) is 11.1 Å². The molecule has 2 aromatic rings. The zero-order valence-corrected chi connectivity index (χ0v) is 10.6. The Morgan fingerprint density at radius 3 is 2.33 bits per heavy atom. The molecule has 0 fully saturated rings. The normalized spacial score (nSPS) is 9.39. The van der Waals surface area contributed by atoms with Crippen molar-refractivity contribution in [1.29, 1.82) is 0 Å². The van der Waals surface area contributed by atoms with Crippen molar-refractivity contribution in [3.63, 3.8) is 0 Å². The number of benzene rings is 1. The maximum absolute atomic E-state index is 11.2. The average molecular weight is 265 g/mol. The summed E-state index contributed by atoms with van der Waals surface area (Å²) in [5, 5.41) is 2.69. The Kier molecular flexibility index (Phi) is 4.68. The van der Waals surface area contributed by atoms with Crippen molar-refractivity contribution in [2.75, 3.05) is 5.32 Å². The number of carbonyl (C=O) groups is 1. The lowest BCUT2D eigenvalue weighted by molar-refractivity contribution is -0.114. The molecule has 0 saturated carbocycles. The molecule has 5 heteroatoms. The van der Waals surface area contributed by atoms with E-state index in [-0.39, 0.29) is 23.9 Å². The molecule has 2 N–H and O–H groups in total. The lowest BCUT2D eigenvalue weighted by atomic mass is 10.1. The van der Waals surface area contributed by atoms with Crippen molar-refractivity contribution in [2.45, 2.75) is 6.92 Å². The van der Waals surface area contributed by atoms with Gasteiger partial charge < -0.3 is 10.3 Å². The summed E-state index contributed by atoms with van der Waals surface area (Å²) in [4.78, 5) is 24.6. The molecule has 0 unspecified atom stereocenters. The molecular weight excluding hydrogens is 252 g/mol. The lowest BCUT2D eigenvalue weighted by Gasteiger charge is -2.04. The summed E-state index contributed by atoms with van der Waals surface area (Å²) >= 11 is 0. The summed E-state index contributed by atoms with van der Waals surface area (Å²) in [6.07, 6.45) is 1.61. The highest BCUT2D eigenvalue weighted by Crippen LogP contribution is 2.19. The van der Waals surface area contributed by atoms with Crippen LogP contribution in [0.2, 0.25) is 0 Å². The predicted octanol–water partition coefficient (Wildman–Crippen LogP) is 2.42. The van der Waals surface area contributed by atoms with E-state index in [1.165, 1.54) is 13.0 Å². The van der Waals surface area contributed by atoms with Crippen LogP contribution >= 0.6 is 12.4 Å². The topological polar surface area (TPSA) is 62.0 Å². The van der Waals surface area contributed by atoms with E-state index in [2.05, 4.69) is 10.3 Å². The van der Waals surface area contributed by atoms with E-state index < -0.39 is 0 Å². The van der Waals surface area contributed by atoms with Gasteiger partial charge in [-0.3, -0.25) is 9.59 Å². The van der Waals surface area contributed by atoms with Crippen molar-refractivity contribution in [3.05, 3.63) is 52.9 Å². The van der Waals surface area contributed by atoms with Gasteiger partial charge in [-0.2, -0.15) is 0 Å². The summed E-state index contributed by atoms with van der Waals surface area (Å²) in [6.45, 7) is 1.46. The minimum atomic E-state index is -0.131. The maximum Gasteiger partial charge on any atom is 0.248 e. The van der Waals surface area contributed by atoms with Crippen LogP contribution in [0.1, 0.15) is 6.92 Å². The number of hydrogen-bond acceptors (Lipinski definition) is 2. The van der Waals surface area contributed by atoms with E-state index in [4.69, 9.17) is 0 Å². The van der Waals surface area contributed by atoms with Crippen LogP contribution in [0.3, 0.4) is 0 Å². The Hall–Kier alpha value is -2.07. The third-order valence-electron chi connectivity index (χ3n) is 2.31. The second kappa shape index (κ2) is 6.02. The van der Waals surface area contributed by atoms with Gasteiger partial charge in [0, 0.05) is 24.9 Å². The van der Waals surface area contributed by atoms with E-state index >= 15 is 0 Å². The van der Waals surface area contributed by atoms with Gasteiger partial charge in [0.2, 0.25) is 11.5 Å². The summed E-state index contributed by atoms with van der Waals surface area (Å²) in [5.74, 6) is -0.103. The highest BCUT2D eigenvalue weighted by atomic mass is 35.5. The molecule has 1 heterocycles. The number of H-pyrrole nitrogens is 1. The lowest BCUT2D eigenvalue weighted by Crippen LogP contribution is -2.05. The number of pyridine rings is 1. The summed E-state index contributed by atoms with van der Waals surface area (Å²) in [7, 11) is 0. The Bertz CT molecular complexity index is 590. The maximum atomic E-state index is 11.2. The molecule has 0 saturated heterocycles. The van der Waals surface area contributed by atoms with E-state index in [0.29, 0.717) is 0 Å². The second-order valence-corrected chi connectivity index (χ2v) is 3.70. The Labute approximate surface area is 110 Å². The number of aromatic nitrogens is 1. The Morgan fingerprint density at radius 1 is 1.11 bits per heavy atom. The monoisotopic (exact) mass is 264 g/mol. The molecule has 2 rings (SSSR count). The highest BCUT2D eigenvalue weighted by Gasteiger charge is 1.99. The first-order chi connectivity index (χ1) is 8.15. The molecule has 0 spiro atoms. The smallest absolute Gasteiger partial charge is 0.248 e. The molecule has 0 radical (unpaired) electrons. The minimum absolute atomic E-state index is 0. The number of hydrogen-bond donors (Lipinski definition) is 2. The molecule has 94 valence electrons. The van der Waals surface area contributed by atoms with Crippen LogP contribution in [0.4, 0.5) is 5.69 Å². The summed E-state index contributed by atoms with van der Waals surface area (Å²) < 4.78 is 0. The largest absolute Gasteiger partial charge is 0.329 e. The first-order valence-electron chi connectivity index (χ1n) is 5.22. The first-order valence-corrected chi connectivity index (χ1v) is 5.22. The molecule has 1 aromatic carbocycles. The van der Waals surface area contributed by atoms with Crippen molar-refractivity contribution in [1.82, 2.24) is 4.98 Å². The Morgan fingerprint density at radius 2 is 1.78 bits per heavy atom. The van der Waals surface area contributed by atoms with Gasteiger partial charge in [-0.25, -0.2) is 0 Å². The van der Waals surface area contributed by atoms with Crippen LogP contribution in [0.5, 0.6) is 0 Å². The first kappa shape index (κ1) is 14.0. The van der Waals surface area contributed by atoms with Gasteiger partial charge in [0.1, 0.15) is 0 Å². The molecular formula is C13H13ClN2O2. The molecule has 0 atom stereocenters. The third kappa shape index (κ3) is 3.46. The van der Waals surface area contributed by atoms with E-state index in [9.17, 15) is 9.59 Å². The molecule has 0 aliphatic rings. The van der Waals surface area contributed by atoms with Gasteiger partial charge >= 0.3 is 0 Å². The summed E-state index contributed by atoms with van der Waals surface area (Å²) in [6, 6.07) is 10.7. The predicted molar refractivity (Wildman–Crippen MR) is 74.1 cm³/mol. The SMILES string of the molecule is CC(=O)Nc1ccc(-c2cc[nH]c(=O)c2)cc1.Cl. The quantitative estimate of drug-likeness (QED) is 0.875. The molecule has 0 aliphatic heterocycles. The van der Waals surface area contributed by atoms with Gasteiger partial charge in [-0.1, -0.05) is 12.1 Å². The van der Waals surface area contributed by atoms with Crippen molar-refractivity contribution in [2.24, 2.45) is 0 Å². The number of amides is 1. The van der Waals surface area contributed by atoms with Crippen LogP contribution < -0.4 is 10.9 Å². The zero-order valence-electron chi connectivity index (χ0n) is 9.77. The van der Waals surface area contributed by atoms with Gasteiger partial charge in [0.05, 0.1) is 0 Å². The molecule has 0 bridgehead atoms. The molecule has 1 amide bonds. The number of anilines is 1. The van der Waals surface area contributed by atoms with Crippen molar-refractivity contribution < 1.29 is 4.79 Å². The number of halogens is 1. The van der Waals surface area contributed by atoms with Gasteiger partial charge in [0.25, 0.3) is 0 Å². The fraction of sp³-hybridized carbons (Fsp3) is 0.0769. The van der Waals surface area contributed by atoms with E-state index in [1.54, 1.807) is 18.3 Å². The number of carbonyl (C=O) groups excluding carboxylic acids is 1. The van der Waals surface area contributed by atoms with Gasteiger partial charge in [0.15, 0.2) is 0 Å². The summed E-state index contributed by atoms with van der Waals surface area (Å²) in [5.41, 5.74) is 2.40. The molecule has 0 aliphatic carbocycles. The molecule has 1 aromatic heterocycles. The molecule has 18 heavy (non-hydrogen) atoms. The van der Waals surface area contributed by atoms with Crippen molar-refractivity contribution >= 4 is 24.0 Å². The average Bonchev–Trinajstić information content (AvgIpc) is 2.29. The Balaban J connectivity index is 0.00000162.